The Morgan fingerprint density at radius 3 is 2.33 bits per heavy atom. The van der Waals surface area contributed by atoms with Crippen molar-refractivity contribution in [2.75, 3.05) is 5.73 Å². The zero-order valence-electron chi connectivity index (χ0n) is 10.8. The smallest absolute Gasteiger partial charge is 0.149 e. The maximum absolute atomic E-state index is 5.65. The molecule has 2 rings (SSSR count). The van der Waals surface area contributed by atoms with Crippen LogP contribution < -0.4 is 10.5 Å². The van der Waals surface area contributed by atoms with Gasteiger partial charge < -0.3 is 10.5 Å². The summed E-state index contributed by atoms with van der Waals surface area (Å²) in [5, 5.41) is 8.01. The van der Waals surface area contributed by atoms with Crippen LogP contribution in [0.25, 0.3) is 11.3 Å². The molecule has 0 atom stereocenters. The van der Waals surface area contributed by atoms with E-state index in [2.05, 4.69) is 10.2 Å². The molecule has 0 aliphatic heterocycles. The van der Waals surface area contributed by atoms with Crippen LogP contribution in [0.2, 0.25) is 0 Å². The van der Waals surface area contributed by atoms with E-state index in [-0.39, 0.29) is 6.10 Å². The first-order chi connectivity index (χ1) is 8.56. The van der Waals surface area contributed by atoms with Crippen LogP contribution >= 0.6 is 0 Å². The molecule has 94 valence electrons. The van der Waals surface area contributed by atoms with E-state index < -0.39 is 0 Å². The van der Waals surface area contributed by atoms with Crippen molar-refractivity contribution in [3.05, 3.63) is 35.9 Å². The maximum atomic E-state index is 5.65. The molecule has 1 heterocycles. The summed E-state index contributed by atoms with van der Waals surface area (Å²) in [6.45, 7) is 5.93. The van der Waals surface area contributed by atoms with Crippen LogP contribution in [0.15, 0.2) is 30.3 Å². The average Bonchev–Trinajstić information content (AvgIpc) is 2.33. The molecule has 0 amide bonds. The van der Waals surface area contributed by atoms with Crippen molar-refractivity contribution in [2.45, 2.75) is 26.9 Å². The van der Waals surface area contributed by atoms with Gasteiger partial charge in [0.2, 0.25) is 0 Å². The van der Waals surface area contributed by atoms with Gasteiger partial charge in [-0.15, -0.1) is 10.2 Å². The van der Waals surface area contributed by atoms with Crippen LogP contribution in [0.5, 0.6) is 5.75 Å². The molecule has 4 nitrogen and oxygen atoms in total. The number of hydrogen-bond acceptors (Lipinski definition) is 4. The molecule has 1 aromatic carbocycles. The molecule has 0 unspecified atom stereocenters. The maximum Gasteiger partial charge on any atom is 0.149 e. The first-order valence-electron chi connectivity index (χ1n) is 5.93. The number of aromatic nitrogens is 2. The highest BCUT2D eigenvalue weighted by Gasteiger charge is 2.04. The lowest BCUT2D eigenvalue weighted by atomic mass is 10.1. The molecule has 0 fully saturated rings. The van der Waals surface area contributed by atoms with Gasteiger partial charge in [-0.2, -0.15) is 0 Å². The lowest BCUT2D eigenvalue weighted by Crippen LogP contribution is -2.05. The zero-order valence-corrected chi connectivity index (χ0v) is 10.8. The van der Waals surface area contributed by atoms with Gasteiger partial charge >= 0.3 is 0 Å². The van der Waals surface area contributed by atoms with E-state index in [4.69, 9.17) is 10.5 Å². The molecule has 0 radical (unpaired) electrons. The fourth-order valence-electron chi connectivity index (χ4n) is 1.61. The van der Waals surface area contributed by atoms with Crippen molar-refractivity contribution in [1.82, 2.24) is 10.2 Å². The second kappa shape index (κ2) is 5.04. The summed E-state index contributed by atoms with van der Waals surface area (Å²) >= 11 is 0. The van der Waals surface area contributed by atoms with Gasteiger partial charge in [0.25, 0.3) is 0 Å². The summed E-state index contributed by atoms with van der Waals surface area (Å²) < 4.78 is 5.59. The highest BCUT2D eigenvalue weighted by atomic mass is 16.5. The molecular weight excluding hydrogens is 226 g/mol. The Balaban J connectivity index is 2.25. The second-order valence-electron chi connectivity index (χ2n) is 4.49. The fourth-order valence-corrected chi connectivity index (χ4v) is 1.61. The Bertz CT molecular complexity index is 535. The summed E-state index contributed by atoms with van der Waals surface area (Å²) in [5.74, 6) is 1.33. The molecule has 0 saturated heterocycles. The molecule has 4 heteroatoms. The van der Waals surface area contributed by atoms with Crippen LogP contribution in [0.4, 0.5) is 5.82 Å². The summed E-state index contributed by atoms with van der Waals surface area (Å²) in [7, 11) is 0. The number of aryl methyl sites for hydroxylation is 1. The number of rotatable bonds is 3. The van der Waals surface area contributed by atoms with Crippen LogP contribution in [0.3, 0.4) is 0 Å². The van der Waals surface area contributed by atoms with Crippen LogP contribution in [0, 0.1) is 6.92 Å². The van der Waals surface area contributed by atoms with Gasteiger partial charge in [-0.25, -0.2) is 0 Å². The molecule has 0 bridgehead atoms. The summed E-state index contributed by atoms with van der Waals surface area (Å²) in [6.07, 6.45) is 0.175. The van der Waals surface area contributed by atoms with Crippen LogP contribution in [-0.4, -0.2) is 16.3 Å². The molecule has 0 spiro atoms. The lowest BCUT2D eigenvalue weighted by molar-refractivity contribution is 0.242. The van der Waals surface area contributed by atoms with Crippen LogP contribution in [-0.2, 0) is 0 Å². The minimum Gasteiger partial charge on any atom is -0.491 e. The van der Waals surface area contributed by atoms with Gasteiger partial charge in [0.05, 0.1) is 11.8 Å². The summed E-state index contributed by atoms with van der Waals surface area (Å²) in [4.78, 5) is 0. The molecular formula is C14H17N3O. The third-order valence-corrected chi connectivity index (χ3v) is 2.54. The Labute approximate surface area is 107 Å². The van der Waals surface area contributed by atoms with Gasteiger partial charge in [-0.1, -0.05) is 0 Å². The number of nitrogens with two attached hydrogens (primary N) is 1. The van der Waals surface area contributed by atoms with Crippen LogP contribution in [0.1, 0.15) is 19.4 Å². The third kappa shape index (κ3) is 2.77. The largest absolute Gasteiger partial charge is 0.491 e. The first kappa shape index (κ1) is 12.4. The Hall–Kier alpha value is -2.10. The minimum absolute atomic E-state index is 0.175. The monoisotopic (exact) mass is 243 g/mol. The zero-order chi connectivity index (χ0) is 13.1. The third-order valence-electron chi connectivity index (χ3n) is 2.54. The standard InChI is InChI=1S/C14H17N3O/c1-9(2)18-12-6-4-11(5-7-12)13-8-10(3)14(15)17-16-13/h4-9H,1-3H3,(H2,15,17). The quantitative estimate of drug-likeness (QED) is 0.900. The van der Waals surface area contributed by atoms with E-state index in [0.29, 0.717) is 5.82 Å². The molecule has 0 saturated carbocycles. The highest BCUT2D eigenvalue weighted by molar-refractivity contribution is 5.61. The molecule has 1 aromatic heterocycles. The SMILES string of the molecule is Cc1cc(-c2ccc(OC(C)C)cc2)nnc1N. The number of nitrogen functional groups attached to an aromatic ring is 1. The van der Waals surface area contributed by atoms with Gasteiger partial charge in [0.1, 0.15) is 11.6 Å². The van der Waals surface area contributed by atoms with Crippen molar-refractivity contribution in [3.8, 4) is 17.0 Å². The predicted octanol–water partition coefficient (Wildman–Crippen LogP) is 2.82. The second-order valence-corrected chi connectivity index (χ2v) is 4.49. The van der Waals surface area contributed by atoms with Crippen molar-refractivity contribution >= 4 is 5.82 Å². The van der Waals surface area contributed by atoms with E-state index in [0.717, 1.165) is 22.6 Å². The summed E-state index contributed by atoms with van der Waals surface area (Å²) in [5.41, 5.74) is 8.40. The van der Waals surface area contributed by atoms with E-state index >= 15 is 0 Å². The average molecular weight is 243 g/mol. The minimum atomic E-state index is 0.175. The molecule has 2 N–H and O–H groups in total. The Kier molecular flexibility index (Phi) is 3.46. The first-order valence-corrected chi connectivity index (χ1v) is 5.93. The van der Waals surface area contributed by atoms with Gasteiger partial charge in [-0.3, -0.25) is 0 Å². The fraction of sp³-hybridized carbons (Fsp3) is 0.286. The van der Waals surface area contributed by atoms with Crippen molar-refractivity contribution in [1.29, 1.82) is 0 Å². The van der Waals surface area contributed by atoms with E-state index in [1.807, 2.05) is 51.1 Å². The number of benzene rings is 1. The number of hydrogen-bond donors (Lipinski definition) is 1. The van der Waals surface area contributed by atoms with E-state index in [1.165, 1.54) is 0 Å². The normalized spacial score (nSPS) is 10.7. The van der Waals surface area contributed by atoms with Crippen molar-refractivity contribution < 1.29 is 4.74 Å². The number of ether oxygens (including phenoxy) is 1. The predicted molar refractivity (Wildman–Crippen MR) is 72.4 cm³/mol. The molecule has 18 heavy (non-hydrogen) atoms. The van der Waals surface area contributed by atoms with Gasteiger partial charge in [-0.05, 0) is 56.7 Å². The Morgan fingerprint density at radius 1 is 1.11 bits per heavy atom. The number of anilines is 1. The van der Waals surface area contributed by atoms with Gasteiger partial charge in [0, 0.05) is 5.56 Å². The van der Waals surface area contributed by atoms with Crippen molar-refractivity contribution in [2.24, 2.45) is 0 Å². The van der Waals surface area contributed by atoms with E-state index in [1.54, 1.807) is 0 Å². The molecule has 0 aliphatic carbocycles. The highest BCUT2D eigenvalue weighted by Crippen LogP contribution is 2.22. The van der Waals surface area contributed by atoms with E-state index in [9.17, 15) is 0 Å². The van der Waals surface area contributed by atoms with Gasteiger partial charge in [0.15, 0.2) is 0 Å². The van der Waals surface area contributed by atoms with Crippen molar-refractivity contribution in [3.63, 3.8) is 0 Å². The lowest BCUT2D eigenvalue weighted by Gasteiger charge is -2.10. The molecule has 2 aromatic rings. The topological polar surface area (TPSA) is 61.0 Å². The number of nitrogens with zero attached hydrogens (tertiary/aromatic N) is 2. The Morgan fingerprint density at radius 2 is 1.78 bits per heavy atom. The summed E-state index contributed by atoms with van der Waals surface area (Å²) in [6, 6.07) is 9.74. The molecule has 0 aliphatic rings.